The van der Waals surface area contributed by atoms with Crippen molar-refractivity contribution in [3.05, 3.63) is 71.1 Å². The first kappa shape index (κ1) is 18.0. The summed E-state index contributed by atoms with van der Waals surface area (Å²) in [6.45, 7) is 2.89. The van der Waals surface area contributed by atoms with Crippen molar-refractivity contribution in [3.8, 4) is 17.2 Å². The molecule has 0 radical (unpaired) electrons. The van der Waals surface area contributed by atoms with Crippen molar-refractivity contribution in [2.45, 2.75) is 13.5 Å². The zero-order valence-electron chi connectivity index (χ0n) is 15.0. The van der Waals surface area contributed by atoms with Gasteiger partial charge in [-0.15, -0.1) is 0 Å². The number of benzene rings is 2. The number of aryl methyl sites for hydroxylation is 1. The van der Waals surface area contributed by atoms with E-state index in [4.69, 9.17) is 9.47 Å². The zero-order chi connectivity index (χ0) is 19.7. The fraction of sp³-hybridized carbons (Fsp3) is 0.200. The molecule has 0 saturated carbocycles. The number of hydrogen-bond donors (Lipinski definition) is 1. The number of ether oxygens (including phenoxy) is 2. The van der Waals surface area contributed by atoms with E-state index < -0.39 is 17.5 Å². The number of rotatable bonds is 4. The Morgan fingerprint density at radius 3 is 2.61 bits per heavy atom. The summed E-state index contributed by atoms with van der Waals surface area (Å²) in [5.41, 5.74) is 1.11. The van der Waals surface area contributed by atoms with Gasteiger partial charge in [-0.3, -0.25) is 4.79 Å². The van der Waals surface area contributed by atoms with Crippen molar-refractivity contribution in [2.24, 2.45) is 0 Å². The third-order valence-corrected chi connectivity index (χ3v) is 4.34. The maximum absolute atomic E-state index is 14.0. The molecule has 0 aliphatic carbocycles. The van der Waals surface area contributed by atoms with Crippen LogP contribution >= 0.6 is 0 Å². The van der Waals surface area contributed by atoms with Gasteiger partial charge in [0.2, 0.25) is 0 Å². The van der Waals surface area contributed by atoms with Gasteiger partial charge in [-0.05, 0) is 36.8 Å². The molecule has 6 nitrogen and oxygen atoms in total. The minimum absolute atomic E-state index is 0.0974. The molecular formula is C20H17F2N3O3. The molecule has 0 bridgehead atoms. The molecule has 0 saturated heterocycles. The lowest BCUT2D eigenvalue weighted by molar-refractivity contribution is 0.0944. The third kappa shape index (κ3) is 3.40. The molecule has 28 heavy (non-hydrogen) atoms. The van der Waals surface area contributed by atoms with E-state index in [0.717, 1.165) is 22.4 Å². The molecule has 1 aromatic heterocycles. The number of amides is 1. The van der Waals surface area contributed by atoms with Crippen LogP contribution in [0.1, 0.15) is 21.6 Å². The molecule has 0 fully saturated rings. The predicted molar refractivity (Wildman–Crippen MR) is 96.8 cm³/mol. The van der Waals surface area contributed by atoms with Crippen molar-refractivity contribution in [1.29, 1.82) is 0 Å². The summed E-state index contributed by atoms with van der Waals surface area (Å²) in [5, 5.41) is 6.82. The van der Waals surface area contributed by atoms with E-state index in [1.54, 1.807) is 19.1 Å². The quantitative estimate of drug-likeness (QED) is 0.749. The first-order chi connectivity index (χ1) is 13.5. The smallest absolute Gasteiger partial charge is 0.272 e. The predicted octanol–water partition coefficient (Wildman–Crippen LogP) is 3.16. The molecule has 1 N–H and O–H groups in total. The highest BCUT2D eigenvalue weighted by atomic mass is 19.1. The first-order valence-electron chi connectivity index (χ1n) is 8.70. The average Bonchev–Trinajstić information content (AvgIpc) is 3.07. The fourth-order valence-corrected chi connectivity index (χ4v) is 2.97. The van der Waals surface area contributed by atoms with Gasteiger partial charge < -0.3 is 14.8 Å². The molecule has 2 heterocycles. The highest BCUT2D eigenvalue weighted by Gasteiger charge is 2.19. The van der Waals surface area contributed by atoms with Gasteiger partial charge in [0, 0.05) is 18.3 Å². The summed E-state index contributed by atoms with van der Waals surface area (Å²) < 4.78 is 40.0. The number of para-hydroxylation sites is 1. The Bertz CT molecular complexity index is 1030. The Morgan fingerprint density at radius 1 is 1.14 bits per heavy atom. The minimum Gasteiger partial charge on any atom is -0.486 e. The molecule has 0 unspecified atom stereocenters. The lowest BCUT2D eigenvalue weighted by Gasteiger charge is -2.18. The number of carbonyl (C=O) groups excluding carboxylic acids is 1. The van der Waals surface area contributed by atoms with Crippen LogP contribution < -0.4 is 14.8 Å². The van der Waals surface area contributed by atoms with Crippen molar-refractivity contribution in [3.63, 3.8) is 0 Å². The molecule has 1 amide bonds. The van der Waals surface area contributed by atoms with E-state index in [-0.39, 0.29) is 17.9 Å². The Morgan fingerprint density at radius 2 is 1.86 bits per heavy atom. The van der Waals surface area contributed by atoms with Crippen molar-refractivity contribution < 1.29 is 23.0 Å². The maximum Gasteiger partial charge on any atom is 0.272 e. The number of hydrogen-bond acceptors (Lipinski definition) is 4. The van der Waals surface area contributed by atoms with Crippen LogP contribution in [0, 0.1) is 18.6 Å². The van der Waals surface area contributed by atoms with E-state index in [0.29, 0.717) is 30.3 Å². The second-order valence-corrected chi connectivity index (χ2v) is 6.34. The Hall–Kier alpha value is -3.42. The number of fused-ring (bicyclic) bond motifs is 1. The molecule has 8 heteroatoms. The Kier molecular flexibility index (Phi) is 4.68. The summed E-state index contributed by atoms with van der Waals surface area (Å²) in [7, 11) is 0. The highest BCUT2D eigenvalue weighted by Crippen LogP contribution is 2.30. The van der Waals surface area contributed by atoms with Crippen molar-refractivity contribution >= 4 is 5.91 Å². The van der Waals surface area contributed by atoms with Gasteiger partial charge in [0.25, 0.3) is 5.91 Å². The highest BCUT2D eigenvalue weighted by molar-refractivity contribution is 5.93. The van der Waals surface area contributed by atoms with Crippen molar-refractivity contribution in [2.75, 3.05) is 13.2 Å². The SMILES string of the molecule is Cc1cn(-c2c(F)cccc2F)nc1C(=O)NCc1ccc2c(c1)OCCO2. The van der Waals surface area contributed by atoms with Crippen LogP contribution in [0.25, 0.3) is 5.69 Å². The monoisotopic (exact) mass is 385 g/mol. The average molecular weight is 385 g/mol. The summed E-state index contributed by atoms with van der Waals surface area (Å²) in [4.78, 5) is 12.5. The lowest BCUT2D eigenvalue weighted by Crippen LogP contribution is -2.24. The van der Waals surface area contributed by atoms with Crippen LogP contribution in [0.2, 0.25) is 0 Å². The van der Waals surface area contributed by atoms with Gasteiger partial charge in [0.05, 0.1) is 0 Å². The van der Waals surface area contributed by atoms with Crippen LogP contribution in [-0.2, 0) is 6.54 Å². The normalized spacial score (nSPS) is 12.7. The van der Waals surface area contributed by atoms with Gasteiger partial charge in [-0.25, -0.2) is 13.5 Å². The molecule has 0 atom stereocenters. The summed E-state index contributed by atoms with van der Waals surface area (Å²) in [5.74, 6) is -0.657. The van der Waals surface area contributed by atoms with Gasteiger partial charge in [-0.1, -0.05) is 12.1 Å². The van der Waals surface area contributed by atoms with E-state index in [1.807, 2.05) is 6.07 Å². The second kappa shape index (κ2) is 7.30. The molecule has 144 valence electrons. The largest absolute Gasteiger partial charge is 0.486 e. The standard InChI is InChI=1S/C20H17F2N3O3/c1-12-11-25(19-14(21)3-2-4-15(19)22)24-18(12)20(26)23-10-13-5-6-16-17(9-13)28-8-7-27-16/h2-6,9,11H,7-8,10H2,1H3,(H,23,26). The first-order valence-corrected chi connectivity index (χ1v) is 8.70. The summed E-state index contributed by atoms with van der Waals surface area (Å²) in [6, 6.07) is 8.96. The fourth-order valence-electron chi connectivity index (χ4n) is 2.97. The van der Waals surface area contributed by atoms with Crippen molar-refractivity contribution in [1.82, 2.24) is 15.1 Å². The Balaban J connectivity index is 1.51. The van der Waals surface area contributed by atoms with Crippen LogP contribution in [0.4, 0.5) is 8.78 Å². The Labute approximate surface area is 159 Å². The number of nitrogens with zero attached hydrogens (tertiary/aromatic N) is 2. The molecule has 1 aliphatic heterocycles. The number of nitrogens with one attached hydrogen (secondary N) is 1. The molecule has 2 aromatic carbocycles. The van der Waals surface area contributed by atoms with Gasteiger partial charge in [-0.2, -0.15) is 5.10 Å². The van der Waals surface area contributed by atoms with Crippen LogP contribution in [0.5, 0.6) is 11.5 Å². The second-order valence-electron chi connectivity index (χ2n) is 6.34. The minimum atomic E-state index is -0.759. The summed E-state index contributed by atoms with van der Waals surface area (Å²) >= 11 is 0. The summed E-state index contributed by atoms with van der Waals surface area (Å²) in [6.07, 6.45) is 1.42. The van der Waals surface area contributed by atoms with E-state index >= 15 is 0 Å². The topological polar surface area (TPSA) is 65.4 Å². The van der Waals surface area contributed by atoms with Gasteiger partial charge in [0.15, 0.2) is 28.8 Å². The molecular weight excluding hydrogens is 368 g/mol. The molecule has 3 aromatic rings. The van der Waals surface area contributed by atoms with Gasteiger partial charge >= 0.3 is 0 Å². The van der Waals surface area contributed by atoms with E-state index in [1.165, 1.54) is 12.3 Å². The van der Waals surface area contributed by atoms with E-state index in [9.17, 15) is 13.6 Å². The lowest BCUT2D eigenvalue weighted by atomic mass is 10.2. The van der Waals surface area contributed by atoms with Gasteiger partial charge in [0.1, 0.15) is 18.9 Å². The zero-order valence-corrected chi connectivity index (χ0v) is 15.0. The molecule has 4 rings (SSSR count). The van der Waals surface area contributed by atoms with Crippen LogP contribution in [0.15, 0.2) is 42.6 Å². The number of halogens is 2. The van der Waals surface area contributed by atoms with E-state index in [2.05, 4.69) is 10.4 Å². The van der Waals surface area contributed by atoms with Crippen LogP contribution in [-0.4, -0.2) is 28.9 Å². The molecule has 1 aliphatic rings. The third-order valence-electron chi connectivity index (χ3n) is 4.34. The number of carbonyl (C=O) groups is 1. The number of aromatic nitrogens is 2. The molecule has 0 spiro atoms. The maximum atomic E-state index is 14.0. The van der Waals surface area contributed by atoms with Crippen LogP contribution in [0.3, 0.4) is 0 Å².